The van der Waals surface area contributed by atoms with E-state index < -0.39 is 0 Å². The van der Waals surface area contributed by atoms with Crippen molar-refractivity contribution < 1.29 is 23.8 Å². The molecule has 1 N–H and O–H groups in total. The maximum atomic E-state index is 13.9. The summed E-state index contributed by atoms with van der Waals surface area (Å²) < 4.78 is 17.2. The summed E-state index contributed by atoms with van der Waals surface area (Å²) in [5.41, 5.74) is 10.0. The van der Waals surface area contributed by atoms with E-state index in [0.29, 0.717) is 53.4 Å². The Labute approximate surface area is 334 Å². The van der Waals surface area contributed by atoms with E-state index in [4.69, 9.17) is 24.2 Å². The Morgan fingerprint density at radius 1 is 0.719 bits per heavy atom. The number of aliphatic imine (C=N–C) groups is 2. The summed E-state index contributed by atoms with van der Waals surface area (Å²) >= 11 is 0. The number of amides is 2. The monoisotopic (exact) mass is 763 g/mol. The fourth-order valence-corrected chi connectivity index (χ4v) is 7.94. The van der Waals surface area contributed by atoms with Gasteiger partial charge in [-0.1, -0.05) is 24.3 Å². The molecular formula is C47H49N5O5. The van der Waals surface area contributed by atoms with Crippen LogP contribution in [0.15, 0.2) is 95.2 Å². The van der Waals surface area contributed by atoms with Gasteiger partial charge in [-0.3, -0.25) is 19.6 Å². The molecule has 0 saturated heterocycles. The number of rotatable bonds is 11. The Morgan fingerprint density at radius 3 is 1.88 bits per heavy atom. The lowest BCUT2D eigenvalue weighted by Gasteiger charge is -2.22. The highest BCUT2D eigenvalue weighted by Crippen LogP contribution is 2.41. The summed E-state index contributed by atoms with van der Waals surface area (Å²) in [5.74, 6) is 1.71. The summed E-state index contributed by atoms with van der Waals surface area (Å²) in [6.07, 6.45) is 11.6. The standard InChI is InChI=1S/C47H49N5O5/c1-29-19-39-41(48-25-36-21-34(28-51(36)45(39)53)31-12-16-38(55-5)17-13-31)22-32(29)9-7-8-18-57-44-24-42-40(23-43(44)56-6)46(54)52-27-33(20-37(52)26-49-42)30-10-14-35(15-11-30)50-47(2,3)4/h10-17,19,22-28,36-37,50H,7-9,18,20-21H2,1-6H3/t36-,37-/m0/s1. The Hall–Kier alpha value is -6.16. The van der Waals surface area contributed by atoms with E-state index in [1.807, 2.05) is 66.1 Å². The minimum absolute atomic E-state index is 0.0270. The summed E-state index contributed by atoms with van der Waals surface area (Å²) in [5, 5.41) is 3.50. The smallest absolute Gasteiger partial charge is 0.260 e. The first kappa shape index (κ1) is 37.7. The van der Waals surface area contributed by atoms with Crippen LogP contribution < -0.4 is 19.5 Å². The number of carbonyl (C=O) groups excluding carboxylic acids is 2. The third-order valence-electron chi connectivity index (χ3n) is 10.9. The Bertz CT molecular complexity index is 2340. The molecule has 4 aromatic carbocycles. The van der Waals surface area contributed by atoms with Crippen molar-refractivity contribution in [1.82, 2.24) is 9.80 Å². The van der Waals surface area contributed by atoms with Crippen LogP contribution in [0, 0.1) is 6.92 Å². The van der Waals surface area contributed by atoms with Gasteiger partial charge in [-0.15, -0.1) is 0 Å². The highest BCUT2D eigenvalue weighted by atomic mass is 16.5. The van der Waals surface area contributed by atoms with Gasteiger partial charge in [-0.05, 0) is 123 Å². The molecule has 4 aromatic rings. The largest absolute Gasteiger partial charge is 0.497 e. The molecule has 10 heteroatoms. The van der Waals surface area contributed by atoms with E-state index in [1.54, 1.807) is 25.2 Å². The highest BCUT2D eigenvalue weighted by Gasteiger charge is 2.35. The van der Waals surface area contributed by atoms with Crippen LogP contribution in [0.25, 0.3) is 11.1 Å². The van der Waals surface area contributed by atoms with Crippen LogP contribution in [0.4, 0.5) is 17.1 Å². The number of carbonyl (C=O) groups is 2. The SMILES string of the molecule is COc1ccc(C2=CN3C(=O)c4cc(C)c(CCCCOc5cc6c(cc5OC)C(=O)N5C=C(c7ccc(NC(C)(C)C)cc7)C[C@H]5C=N6)cc4N=C[C@@H]3C2)cc1. The first-order chi connectivity index (χ1) is 27.5. The van der Waals surface area contributed by atoms with Gasteiger partial charge >= 0.3 is 0 Å². The number of hydrogen-bond acceptors (Lipinski definition) is 8. The molecular weight excluding hydrogens is 715 g/mol. The molecule has 292 valence electrons. The quantitative estimate of drug-likeness (QED) is 0.153. The molecule has 4 aliphatic rings. The number of anilines is 1. The number of methoxy groups -OCH3 is 2. The van der Waals surface area contributed by atoms with Gasteiger partial charge in [-0.25, -0.2) is 0 Å². The fourth-order valence-electron chi connectivity index (χ4n) is 7.94. The molecule has 10 nitrogen and oxygen atoms in total. The number of hydrogen-bond donors (Lipinski definition) is 1. The van der Waals surface area contributed by atoms with Gasteiger partial charge in [0.05, 0.1) is 55.4 Å². The Balaban J connectivity index is 0.884. The predicted molar refractivity (Wildman–Crippen MR) is 227 cm³/mol. The molecule has 4 heterocycles. The molecule has 0 aliphatic carbocycles. The van der Waals surface area contributed by atoms with Crippen LogP contribution in [-0.2, 0) is 6.42 Å². The average molecular weight is 764 g/mol. The Morgan fingerprint density at radius 2 is 1.30 bits per heavy atom. The zero-order valence-electron chi connectivity index (χ0n) is 33.5. The fraction of sp³-hybridized carbons (Fsp3) is 0.319. The third-order valence-corrected chi connectivity index (χ3v) is 10.9. The lowest BCUT2D eigenvalue weighted by Crippen LogP contribution is -2.32. The van der Waals surface area contributed by atoms with Gasteiger partial charge in [-0.2, -0.15) is 0 Å². The normalized spacial score (nSPS) is 18.2. The van der Waals surface area contributed by atoms with Gasteiger partial charge in [0.25, 0.3) is 11.8 Å². The molecule has 57 heavy (non-hydrogen) atoms. The van der Waals surface area contributed by atoms with E-state index in [9.17, 15) is 9.59 Å². The van der Waals surface area contributed by atoms with E-state index in [1.165, 1.54) is 0 Å². The predicted octanol–water partition coefficient (Wildman–Crippen LogP) is 9.57. The highest BCUT2D eigenvalue weighted by molar-refractivity contribution is 6.06. The number of unbranched alkanes of at least 4 members (excludes halogenated alkanes) is 1. The number of ether oxygens (including phenoxy) is 3. The molecule has 0 fully saturated rings. The first-order valence-corrected chi connectivity index (χ1v) is 19.6. The number of nitrogens with one attached hydrogen (secondary N) is 1. The van der Waals surface area contributed by atoms with Crippen molar-refractivity contribution in [2.75, 3.05) is 26.1 Å². The second-order valence-corrected chi connectivity index (χ2v) is 16.1. The van der Waals surface area contributed by atoms with Crippen LogP contribution in [0.2, 0.25) is 0 Å². The van der Waals surface area contributed by atoms with Gasteiger partial charge in [0.2, 0.25) is 0 Å². The van der Waals surface area contributed by atoms with E-state index in [0.717, 1.165) is 64.1 Å². The van der Waals surface area contributed by atoms with Crippen LogP contribution >= 0.6 is 0 Å². The van der Waals surface area contributed by atoms with Crippen molar-refractivity contribution in [3.05, 3.63) is 119 Å². The minimum atomic E-state index is -0.171. The summed E-state index contributed by atoms with van der Waals surface area (Å²) in [7, 11) is 3.24. The molecule has 0 bridgehead atoms. The average Bonchev–Trinajstić information content (AvgIpc) is 3.78. The molecule has 2 atom stereocenters. The van der Waals surface area contributed by atoms with Crippen LogP contribution in [0.3, 0.4) is 0 Å². The lowest BCUT2D eigenvalue weighted by atomic mass is 9.98. The van der Waals surface area contributed by atoms with Gasteiger partial charge in [0.15, 0.2) is 11.5 Å². The molecule has 0 aromatic heterocycles. The topological polar surface area (TPSA) is 105 Å². The van der Waals surface area contributed by atoms with E-state index >= 15 is 0 Å². The van der Waals surface area contributed by atoms with Crippen molar-refractivity contribution in [3.63, 3.8) is 0 Å². The zero-order valence-corrected chi connectivity index (χ0v) is 33.5. The summed E-state index contributed by atoms with van der Waals surface area (Å²) in [6, 6.07) is 23.6. The molecule has 0 spiro atoms. The van der Waals surface area contributed by atoms with Crippen LogP contribution in [-0.4, -0.2) is 72.5 Å². The van der Waals surface area contributed by atoms with Crippen molar-refractivity contribution >= 4 is 52.5 Å². The van der Waals surface area contributed by atoms with Crippen molar-refractivity contribution in [2.45, 2.75) is 77.4 Å². The van der Waals surface area contributed by atoms with Gasteiger partial charge in [0, 0.05) is 55.0 Å². The summed E-state index contributed by atoms with van der Waals surface area (Å²) in [6.45, 7) is 8.93. The first-order valence-electron chi connectivity index (χ1n) is 19.6. The molecule has 0 saturated carbocycles. The van der Waals surface area contributed by atoms with Crippen LogP contribution in [0.5, 0.6) is 17.2 Å². The minimum Gasteiger partial charge on any atom is -0.497 e. The van der Waals surface area contributed by atoms with Crippen molar-refractivity contribution in [2.24, 2.45) is 9.98 Å². The summed E-state index contributed by atoms with van der Waals surface area (Å²) in [4.78, 5) is 40.8. The zero-order chi connectivity index (χ0) is 39.8. The molecule has 0 unspecified atom stereocenters. The van der Waals surface area contributed by atoms with E-state index in [-0.39, 0.29) is 29.4 Å². The van der Waals surface area contributed by atoms with Gasteiger partial charge < -0.3 is 29.3 Å². The second kappa shape index (κ2) is 15.4. The maximum absolute atomic E-state index is 13.9. The number of benzene rings is 4. The number of nitrogens with zero attached hydrogens (tertiary/aromatic N) is 4. The van der Waals surface area contributed by atoms with Crippen LogP contribution in [0.1, 0.15) is 89.4 Å². The van der Waals surface area contributed by atoms with Gasteiger partial charge in [0.1, 0.15) is 5.75 Å². The lowest BCUT2D eigenvalue weighted by molar-refractivity contribution is 0.0809. The Kier molecular flexibility index (Phi) is 10.2. The van der Waals surface area contributed by atoms with E-state index in [2.05, 4.69) is 63.3 Å². The van der Waals surface area contributed by atoms with Crippen molar-refractivity contribution in [3.8, 4) is 17.2 Å². The van der Waals surface area contributed by atoms with Crippen molar-refractivity contribution in [1.29, 1.82) is 0 Å². The molecule has 8 rings (SSSR count). The second-order valence-electron chi connectivity index (χ2n) is 16.1. The number of fused-ring (bicyclic) bond motifs is 4. The molecule has 0 radical (unpaired) electrons. The molecule has 2 amide bonds. The third kappa shape index (κ3) is 7.81. The molecule has 4 aliphatic heterocycles. The number of aryl methyl sites for hydroxylation is 2. The maximum Gasteiger partial charge on any atom is 0.260 e.